The lowest BCUT2D eigenvalue weighted by atomic mass is 10.0. The molecule has 0 aromatic heterocycles. The Morgan fingerprint density at radius 3 is 2.45 bits per heavy atom. The van der Waals surface area contributed by atoms with Gasteiger partial charge in [0.25, 0.3) is 0 Å². The molecular formula is C7H13NO3. The maximum Gasteiger partial charge on any atom is 0.331 e. The first kappa shape index (κ1) is 10.1. The number of rotatable bonds is 4. The predicted octanol–water partition coefficient (Wildman–Crippen LogP) is 0.409. The molecule has 64 valence electrons. The molecule has 0 fully saturated rings. The quantitative estimate of drug-likeness (QED) is 0.476. The fourth-order valence-electron chi connectivity index (χ4n) is 0.586. The van der Waals surface area contributed by atoms with Gasteiger partial charge in [0.1, 0.15) is 12.2 Å². The van der Waals surface area contributed by atoms with E-state index in [1.54, 1.807) is 6.92 Å². The Morgan fingerprint density at radius 2 is 2.09 bits per heavy atom. The molecule has 4 heteroatoms. The summed E-state index contributed by atoms with van der Waals surface area (Å²) in [6.45, 7) is 3.66. The third-order valence-corrected chi connectivity index (χ3v) is 1.61. The van der Waals surface area contributed by atoms with Crippen molar-refractivity contribution in [2.75, 3.05) is 0 Å². The highest BCUT2D eigenvalue weighted by Crippen LogP contribution is 2.04. The molecule has 0 aliphatic rings. The summed E-state index contributed by atoms with van der Waals surface area (Å²) in [5, 5.41) is 0. The van der Waals surface area contributed by atoms with Crippen LogP contribution in [-0.2, 0) is 14.4 Å². The first-order valence-electron chi connectivity index (χ1n) is 3.54. The predicted molar refractivity (Wildman–Crippen MR) is 39.4 cm³/mol. The molecule has 0 aromatic carbocycles. The van der Waals surface area contributed by atoms with Crippen LogP contribution in [-0.4, -0.2) is 11.8 Å². The average Bonchev–Trinajstić information content (AvgIpc) is 2.02. The Labute approximate surface area is 65.7 Å². The molecule has 0 heterocycles. The van der Waals surface area contributed by atoms with Gasteiger partial charge in [-0.25, -0.2) is 4.79 Å². The van der Waals surface area contributed by atoms with E-state index in [1.807, 2.05) is 6.92 Å². The van der Waals surface area contributed by atoms with Gasteiger partial charge in [-0.1, -0.05) is 13.8 Å². The van der Waals surface area contributed by atoms with Crippen LogP contribution in [0.2, 0.25) is 0 Å². The fourth-order valence-corrected chi connectivity index (χ4v) is 0.586. The van der Waals surface area contributed by atoms with E-state index in [9.17, 15) is 9.59 Å². The Bertz CT molecular complexity index is 156. The highest BCUT2D eigenvalue weighted by atomic mass is 16.7. The molecule has 0 aliphatic carbocycles. The summed E-state index contributed by atoms with van der Waals surface area (Å²) in [5.74, 6) is 3.68. The van der Waals surface area contributed by atoms with E-state index in [4.69, 9.17) is 0 Å². The van der Waals surface area contributed by atoms with E-state index < -0.39 is 5.97 Å². The molecule has 0 rings (SSSR count). The largest absolute Gasteiger partial charge is 0.373 e. The molecular weight excluding hydrogens is 146 g/mol. The number of carbonyl (C=O) groups excluding carboxylic acids is 2. The molecule has 0 aromatic rings. The van der Waals surface area contributed by atoms with E-state index in [1.165, 1.54) is 0 Å². The lowest BCUT2D eigenvalue weighted by molar-refractivity contribution is -0.147. The second-order valence-corrected chi connectivity index (χ2v) is 2.44. The molecule has 0 radical (unpaired) electrons. The first-order valence-corrected chi connectivity index (χ1v) is 3.54. The number of hydrogen-bond donors (Lipinski definition) is 1. The van der Waals surface area contributed by atoms with Crippen molar-refractivity contribution in [3.05, 3.63) is 0 Å². The van der Waals surface area contributed by atoms with Crippen LogP contribution in [0.15, 0.2) is 0 Å². The number of nitrogens with two attached hydrogens (primary N) is 1. The van der Waals surface area contributed by atoms with Crippen molar-refractivity contribution in [1.29, 1.82) is 0 Å². The highest BCUT2D eigenvalue weighted by Gasteiger charge is 2.15. The summed E-state index contributed by atoms with van der Waals surface area (Å²) in [6, 6.07) is 0. The molecule has 0 aliphatic heterocycles. The zero-order valence-electron chi connectivity index (χ0n) is 6.79. The Morgan fingerprint density at radius 1 is 1.55 bits per heavy atom. The molecule has 0 spiro atoms. The minimum absolute atomic E-state index is 0.0888. The zero-order valence-corrected chi connectivity index (χ0v) is 6.79. The van der Waals surface area contributed by atoms with Crippen molar-refractivity contribution < 1.29 is 14.4 Å². The molecule has 2 N–H and O–H groups in total. The summed E-state index contributed by atoms with van der Waals surface area (Å²) in [6.07, 6.45) is 0.516. The van der Waals surface area contributed by atoms with E-state index >= 15 is 0 Å². The third-order valence-electron chi connectivity index (χ3n) is 1.61. The monoisotopic (exact) mass is 159 g/mol. The Kier molecular flexibility index (Phi) is 4.45. The van der Waals surface area contributed by atoms with Crippen molar-refractivity contribution in [3.8, 4) is 0 Å². The van der Waals surface area contributed by atoms with Crippen LogP contribution in [0.5, 0.6) is 0 Å². The van der Waals surface area contributed by atoms with Gasteiger partial charge in [0.2, 0.25) is 0 Å². The Balaban J connectivity index is 3.77. The van der Waals surface area contributed by atoms with Crippen molar-refractivity contribution in [3.63, 3.8) is 0 Å². The van der Waals surface area contributed by atoms with E-state index in [2.05, 4.69) is 10.7 Å². The van der Waals surface area contributed by atoms with Crippen molar-refractivity contribution >= 4 is 11.8 Å². The van der Waals surface area contributed by atoms with Crippen molar-refractivity contribution in [1.82, 2.24) is 0 Å². The van der Waals surface area contributed by atoms with Gasteiger partial charge >= 0.3 is 5.97 Å². The molecule has 1 unspecified atom stereocenters. The van der Waals surface area contributed by atoms with Crippen LogP contribution in [0, 0.1) is 5.92 Å². The van der Waals surface area contributed by atoms with Gasteiger partial charge in [0, 0.05) is 5.92 Å². The van der Waals surface area contributed by atoms with E-state index in [0.717, 1.165) is 6.42 Å². The standard InChI is InChI=1S/C7H13NO3/c1-3-5(2)6(9)4-7(10)11-8/h5H,3-4,8H2,1-2H3. The van der Waals surface area contributed by atoms with Crippen molar-refractivity contribution in [2.45, 2.75) is 26.7 Å². The summed E-state index contributed by atoms with van der Waals surface area (Å²) in [4.78, 5) is 25.3. The second-order valence-electron chi connectivity index (χ2n) is 2.44. The lowest BCUT2D eigenvalue weighted by Gasteiger charge is -2.04. The molecule has 0 amide bonds. The van der Waals surface area contributed by atoms with Crippen LogP contribution in [0.3, 0.4) is 0 Å². The minimum Gasteiger partial charge on any atom is -0.373 e. The van der Waals surface area contributed by atoms with Gasteiger partial charge in [0.15, 0.2) is 0 Å². The SMILES string of the molecule is CCC(C)C(=O)CC(=O)ON. The molecule has 0 saturated heterocycles. The van der Waals surface area contributed by atoms with Gasteiger partial charge in [-0.15, -0.1) is 0 Å². The van der Waals surface area contributed by atoms with Gasteiger partial charge in [0.05, 0.1) is 0 Å². The van der Waals surface area contributed by atoms with Gasteiger partial charge in [-0.2, -0.15) is 5.90 Å². The first-order chi connectivity index (χ1) is 5.11. The second kappa shape index (κ2) is 4.85. The third kappa shape index (κ3) is 3.72. The Hall–Kier alpha value is -0.900. The van der Waals surface area contributed by atoms with E-state index in [-0.39, 0.29) is 18.1 Å². The van der Waals surface area contributed by atoms with Gasteiger partial charge < -0.3 is 4.84 Å². The summed E-state index contributed by atoms with van der Waals surface area (Å²) in [7, 11) is 0. The smallest absolute Gasteiger partial charge is 0.331 e. The zero-order chi connectivity index (χ0) is 8.85. The maximum absolute atomic E-state index is 11.0. The number of hydrogen-bond acceptors (Lipinski definition) is 4. The maximum atomic E-state index is 11.0. The molecule has 0 bridgehead atoms. The molecule has 1 atom stereocenters. The molecule has 11 heavy (non-hydrogen) atoms. The van der Waals surface area contributed by atoms with E-state index in [0.29, 0.717) is 0 Å². The number of Topliss-reactive ketones (excluding diaryl/α,β-unsaturated/α-hetero) is 1. The molecule has 0 saturated carbocycles. The van der Waals surface area contributed by atoms with Crippen LogP contribution in [0.25, 0.3) is 0 Å². The summed E-state index contributed by atoms with van der Waals surface area (Å²) >= 11 is 0. The normalized spacial score (nSPS) is 12.3. The lowest BCUT2D eigenvalue weighted by Crippen LogP contribution is -2.18. The summed E-state index contributed by atoms with van der Waals surface area (Å²) in [5.41, 5.74) is 0. The van der Waals surface area contributed by atoms with Crippen LogP contribution < -0.4 is 5.90 Å². The van der Waals surface area contributed by atoms with Crippen molar-refractivity contribution in [2.24, 2.45) is 11.8 Å². The highest BCUT2D eigenvalue weighted by molar-refractivity contribution is 5.96. The minimum atomic E-state index is -0.671. The summed E-state index contributed by atoms with van der Waals surface area (Å²) < 4.78 is 0. The fraction of sp³-hybridized carbons (Fsp3) is 0.714. The number of carbonyl (C=O) groups is 2. The topological polar surface area (TPSA) is 69.4 Å². The van der Waals surface area contributed by atoms with Gasteiger partial charge in [-0.3, -0.25) is 4.79 Å². The van der Waals surface area contributed by atoms with Crippen LogP contribution in [0.1, 0.15) is 26.7 Å². The average molecular weight is 159 g/mol. The van der Waals surface area contributed by atoms with Gasteiger partial charge in [-0.05, 0) is 6.42 Å². The number of ketones is 1. The van der Waals surface area contributed by atoms with Crippen LogP contribution >= 0.6 is 0 Å². The van der Waals surface area contributed by atoms with Crippen LogP contribution in [0.4, 0.5) is 0 Å². The molecule has 4 nitrogen and oxygen atoms in total.